The minimum Gasteiger partial charge on any atom is -0.465 e. The predicted molar refractivity (Wildman–Crippen MR) is 126 cm³/mol. The number of hydrogen-bond donors (Lipinski definition) is 2. The number of pyridine rings is 2. The van der Waals surface area contributed by atoms with Crippen molar-refractivity contribution in [3.05, 3.63) is 76.2 Å². The van der Waals surface area contributed by atoms with Crippen molar-refractivity contribution in [2.45, 2.75) is 26.0 Å². The zero-order valence-corrected chi connectivity index (χ0v) is 18.9. The van der Waals surface area contributed by atoms with Gasteiger partial charge in [-0.15, -0.1) is 0 Å². The summed E-state index contributed by atoms with van der Waals surface area (Å²) < 4.78 is 21.9. The number of piperidine rings is 1. The van der Waals surface area contributed by atoms with E-state index in [4.69, 9.17) is 9.84 Å². The van der Waals surface area contributed by atoms with Crippen molar-refractivity contribution >= 4 is 27.9 Å². The van der Waals surface area contributed by atoms with Gasteiger partial charge in [0.1, 0.15) is 11.3 Å². The monoisotopic (exact) mass is 480 g/mol. The summed E-state index contributed by atoms with van der Waals surface area (Å²) in [6.07, 6.45) is 5.47. The average molecular weight is 480 g/mol. The van der Waals surface area contributed by atoms with Crippen LogP contribution in [0.1, 0.15) is 24.0 Å². The molecule has 35 heavy (non-hydrogen) atoms. The summed E-state index contributed by atoms with van der Waals surface area (Å²) in [5.41, 5.74) is 2.13. The van der Waals surface area contributed by atoms with Crippen molar-refractivity contribution in [3.8, 4) is 0 Å². The minimum absolute atomic E-state index is 0.157. The number of amides is 1. The smallest absolute Gasteiger partial charge is 0.407 e. The number of halogens is 1. The number of hydrogen-bond acceptors (Lipinski definition) is 5. The minimum atomic E-state index is -0.888. The van der Waals surface area contributed by atoms with Crippen molar-refractivity contribution in [2.24, 2.45) is 5.92 Å². The maximum atomic E-state index is 13.4. The first-order chi connectivity index (χ1) is 16.9. The fourth-order valence-corrected chi connectivity index (χ4v) is 4.70. The number of aromatic nitrogens is 3. The molecule has 10 heteroatoms. The summed E-state index contributed by atoms with van der Waals surface area (Å²) in [5.74, 6) is -0.0273. The highest BCUT2D eigenvalue weighted by Gasteiger charge is 2.23. The number of ether oxygens (including phenoxy) is 1. The van der Waals surface area contributed by atoms with Crippen LogP contribution < -0.4 is 5.56 Å². The van der Waals surface area contributed by atoms with Crippen LogP contribution >= 0.6 is 0 Å². The Bertz CT molecular complexity index is 1440. The van der Waals surface area contributed by atoms with Gasteiger partial charge < -0.3 is 24.5 Å². The van der Waals surface area contributed by atoms with E-state index in [2.05, 4.69) is 4.98 Å². The number of nitrogens with zero attached hydrogens (tertiary/aromatic N) is 4. The molecule has 0 saturated carbocycles. The number of carboxylic acid groups (broad SMARTS) is 1. The molecule has 1 aromatic carbocycles. The molecule has 3 aromatic heterocycles. The standard InChI is InChI=1S/C25H25FN4O5/c26-19-3-1-16(2-4-19)12-29-13-18(15-35-14-17-5-8-28(9-6-17)25(32)33)22-20-7-10-30(34)24(31)23(20)27-11-21(22)29/h1-4,7,10-11,13,17,34H,5-6,8-9,12,14-15H2,(H,32,33). The quantitative estimate of drug-likeness (QED) is 0.408. The summed E-state index contributed by atoms with van der Waals surface area (Å²) in [4.78, 5) is 29.3. The fraction of sp³-hybridized carbons (Fsp3) is 0.320. The van der Waals surface area contributed by atoms with Gasteiger partial charge in [-0.1, -0.05) is 12.1 Å². The molecule has 4 aromatic rings. The summed E-state index contributed by atoms with van der Waals surface area (Å²) in [6.45, 7) is 2.29. The third-order valence-electron chi connectivity index (χ3n) is 6.59. The van der Waals surface area contributed by atoms with Crippen molar-refractivity contribution in [2.75, 3.05) is 19.7 Å². The molecule has 0 aliphatic carbocycles. The lowest BCUT2D eigenvalue weighted by atomic mass is 9.98. The van der Waals surface area contributed by atoms with Gasteiger partial charge in [-0.2, -0.15) is 4.73 Å². The van der Waals surface area contributed by atoms with E-state index in [0.29, 0.717) is 43.0 Å². The van der Waals surface area contributed by atoms with Crippen LogP contribution in [-0.4, -0.2) is 55.3 Å². The van der Waals surface area contributed by atoms with Gasteiger partial charge in [-0.3, -0.25) is 4.79 Å². The SMILES string of the molecule is O=C(O)N1CCC(COCc2cn(Cc3ccc(F)cc3)c3cnc4c(=O)n(O)ccc4c23)CC1. The van der Waals surface area contributed by atoms with Gasteiger partial charge in [0.2, 0.25) is 0 Å². The molecule has 2 N–H and O–H groups in total. The van der Waals surface area contributed by atoms with Crippen molar-refractivity contribution in [3.63, 3.8) is 0 Å². The largest absolute Gasteiger partial charge is 0.465 e. The van der Waals surface area contributed by atoms with Gasteiger partial charge in [-0.05, 0) is 42.5 Å². The van der Waals surface area contributed by atoms with Crippen molar-refractivity contribution in [1.29, 1.82) is 0 Å². The van der Waals surface area contributed by atoms with Gasteiger partial charge in [0, 0.05) is 55.0 Å². The Balaban J connectivity index is 1.44. The predicted octanol–water partition coefficient (Wildman–Crippen LogP) is 3.68. The van der Waals surface area contributed by atoms with Crippen LogP contribution in [0.5, 0.6) is 0 Å². The molecule has 182 valence electrons. The van der Waals surface area contributed by atoms with E-state index in [1.54, 1.807) is 24.4 Å². The van der Waals surface area contributed by atoms with Crippen LogP contribution in [0, 0.1) is 11.7 Å². The van der Waals surface area contributed by atoms with E-state index in [1.807, 2.05) is 10.8 Å². The zero-order valence-electron chi connectivity index (χ0n) is 18.9. The van der Waals surface area contributed by atoms with Crippen LogP contribution in [0.3, 0.4) is 0 Å². The van der Waals surface area contributed by atoms with Gasteiger partial charge in [-0.25, -0.2) is 14.2 Å². The maximum Gasteiger partial charge on any atom is 0.407 e. The first-order valence-corrected chi connectivity index (χ1v) is 11.4. The van der Waals surface area contributed by atoms with Crippen LogP contribution in [0.4, 0.5) is 9.18 Å². The summed E-state index contributed by atoms with van der Waals surface area (Å²) >= 11 is 0. The van der Waals surface area contributed by atoms with Crippen molar-refractivity contribution in [1.82, 2.24) is 19.2 Å². The van der Waals surface area contributed by atoms with Crippen LogP contribution in [-0.2, 0) is 17.9 Å². The van der Waals surface area contributed by atoms with E-state index < -0.39 is 11.7 Å². The molecule has 1 aliphatic rings. The van der Waals surface area contributed by atoms with E-state index in [-0.39, 0.29) is 17.3 Å². The second kappa shape index (κ2) is 9.38. The second-order valence-corrected chi connectivity index (χ2v) is 8.88. The molecule has 1 amide bonds. The number of fused-ring (bicyclic) bond motifs is 3. The first-order valence-electron chi connectivity index (χ1n) is 11.4. The second-order valence-electron chi connectivity index (χ2n) is 8.88. The third-order valence-corrected chi connectivity index (χ3v) is 6.59. The average Bonchev–Trinajstić information content (AvgIpc) is 3.20. The van der Waals surface area contributed by atoms with E-state index in [0.717, 1.165) is 34.9 Å². The van der Waals surface area contributed by atoms with E-state index in [1.165, 1.54) is 23.2 Å². The summed E-state index contributed by atoms with van der Waals surface area (Å²) in [7, 11) is 0. The molecule has 4 heterocycles. The Kier molecular flexibility index (Phi) is 6.12. The number of carbonyl (C=O) groups is 1. The molecule has 1 fully saturated rings. The van der Waals surface area contributed by atoms with Gasteiger partial charge in [0.05, 0.1) is 18.3 Å². The van der Waals surface area contributed by atoms with E-state index in [9.17, 15) is 19.2 Å². The van der Waals surface area contributed by atoms with Gasteiger partial charge >= 0.3 is 11.7 Å². The number of benzene rings is 1. The van der Waals surface area contributed by atoms with Gasteiger partial charge in [0.15, 0.2) is 0 Å². The topological polar surface area (TPSA) is 110 Å². The molecule has 1 aliphatic heterocycles. The Morgan fingerprint density at radius 2 is 1.91 bits per heavy atom. The Hall–Kier alpha value is -3.92. The molecule has 0 atom stereocenters. The lowest BCUT2D eigenvalue weighted by molar-refractivity contribution is 0.0573. The Morgan fingerprint density at radius 1 is 1.17 bits per heavy atom. The Morgan fingerprint density at radius 3 is 2.63 bits per heavy atom. The zero-order chi connectivity index (χ0) is 24.5. The summed E-state index contributed by atoms with van der Waals surface area (Å²) in [5, 5.41) is 20.3. The molecular formula is C25H25FN4O5. The first kappa shape index (κ1) is 22.9. The third kappa shape index (κ3) is 4.57. The molecule has 5 rings (SSSR count). The van der Waals surface area contributed by atoms with E-state index >= 15 is 0 Å². The maximum absolute atomic E-state index is 13.4. The van der Waals surface area contributed by atoms with Gasteiger partial charge in [0.25, 0.3) is 0 Å². The lowest BCUT2D eigenvalue weighted by Gasteiger charge is -2.29. The van der Waals surface area contributed by atoms with Crippen LogP contribution in [0.2, 0.25) is 0 Å². The summed E-state index contributed by atoms with van der Waals surface area (Å²) in [6, 6.07) is 7.93. The number of likely N-dealkylation sites (tertiary alicyclic amines) is 1. The molecule has 0 radical (unpaired) electrons. The molecule has 0 unspecified atom stereocenters. The lowest BCUT2D eigenvalue weighted by Crippen LogP contribution is -2.38. The molecule has 0 spiro atoms. The van der Waals surface area contributed by atoms with Crippen LogP contribution in [0.15, 0.2) is 53.7 Å². The fourth-order valence-electron chi connectivity index (χ4n) is 4.70. The molecule has 0 bridgehead atoms. The highest BCUT2D eigenvalue weighted by molar-refractivity contribution is 6.06. The molecule has 1 saturated heterocycles. The van der Waals surface area contributed by atoms with Crippen LogP contribution in [0.25, 0.3) is 21.8 Å². The number of rotatable bonds is 6. The normalized spacial score (nSPS) is 14.7. The Labute approximate surface area is 199 Å². The van der Waals surface area contributed by atoms with Crippen molar-refractivity contribution < 1.29 is 24.2 Å². The molecular weight excluding hydrogens is 455 g/mol. The molecule has 9 nitrogen and oxygen atoms in total. The highest BCUT2D eigenvalue weighted by Crippen LogP contribution is 2.29. The highest BCUT2D eigenvalue weighted by atomic mass is 19.1.